The van der Waals surface area contributed by atoms with E-state index in [4.69, 9.17) is 22.9 Å². The van der Waals surface area contributed by atoms with Crippen LogP contribution in [0.1, 0.15) is 32.1 Å². The zero-order chi connectivity index (χ0) is 25.4. The molecule has 0 aromatic carbocycles. The summed E-state index contributed by atoms with van der Waals surface area (Å²) in [4.78, 5) is 62.8. The number of carbonyl (C=O) groups excluding carboxylic acids is 4. The van der Waals surface area contributed by atoms with E-state index in [0.29, 0.717) is 12.2 Å². The molecular formula is C18H34N8O6S. The van der Waals surface area contributed by atoms with Gasteiger partial charge in [0.2, 0.25) is 23.6 Å². The molecule has 0 spiro atoms. The van der Waals surface area contributed by atoms with Crippen LogP contribution in [0.4, 0.5) is 0 Å². The quantitative estimate of drug-likeness (QED) is 0.0568. The van der Waals surface area contributed by atoms with E-state index in [9.17, 15) is 29.1 Å². The number of nitrogens with two attached hydrogens (primary N) is 4. The molecule has 0 aromatic rings. The molecule has 0 bridgehead atoms. The molecule has 0 saturated heterocycles. The molecule has 0 radical (unpaired) electrons. The minimum absolute atomic E-state index is 0.0191. The van der Waals surface area contributed by atoms with E-state index in [2.05, 4.69) is 20.9 Å². The average molecular weight is 491 g/mol. The molecular weight excluding hydrogens is 456 g/mol. The molecule has 12 N–H and O–H groups in total. The van der Waals surface area contributed by atoms with E-state index in [1.807, 2.05) is 6.26 Å². The third-order valence-corrected chi connectivity index (χ3v) is 4.93. The van der Waals surface area contributed by atoms with Crippen LogP contribution in [0.3, 0.4) is 0 Å². The number of amides is 4. The van der Waals surface area contributed by atoms with Crippen LogP contribution in [-0.4, -0.2) is 83.9 Å². The number of hydrogen-bond acceptors (Lipinski definition) is 8. The van der Waals surface area contributed by atoms with Gasteiger partial charge in [-0.3, -0.25) is 24.2 Å². The van der Waals surface area contributed by atoms with E-state index in [0.717, 1.165) is 0 Å². The topological polar surface area (TPSA) is 258 Å². The van der Waals surface area contributed by atoms with Gasteiger partial charge in [0.05, 0.1) is 12.6 Å². The predicted molar refractivity (Wildman–Crippen MR) is 124 cm³/mol. The lowest BCUT2D eigenvalue weighted by Crippen LogP contribution is -2.53. The van der Waals surface area contributed by atoms with Crippen LogP contribution in [0.15, 0.2) is 4.99 Å². The van der Waals surface area contributed by atoms with Crippen LogP contribution >= 0.6 is 11.8 Å². The summed E-state index contributed by atoms with van der Waals surface area (Å²) in [6, 6.07) is -3.23. The number of aliphatic imine (C=N–C) groups is 1. The molecule has 0 aliphatic heterocycles. The summed E-state index contributed by atoms with van der Waals surface area (Å²) in [7, 11) is 0. The van der Waals surface area contributed by atoms with Gasteiger partial charge in [-0.05, 0) is 37.7 Å². The zero-order valence-electron chi connectivity index (χ0n) is 18.5. The van der Waals surface area contributed by atoms with Gasteiger partial charge >= 0.3 is 5.97 Å². The Morgan fingerprint density at radius 1 is 0.970 bits per heavy atom. The highest BCUT2D eigenvalue weighted by atomic mass is 32.2. The van der Waals surface area contributed by atoms with Crippen molar-refractivity contribution < 1.29 is 29.1 Å². The van der Waals surface area contributed by atoms with Crippen molar-refractivity contribution in [2.45, 2.75) is 50.2 Å². The fourth-order valence-corrected chi connectivity index (χ4v) is 2.98. The Balaban J connectivity index is 4.99. The van der Waals surface area contributed by atoms with Crippen LogP contribution in [0.5, 0.6) is 0 Å². The molecule has 0 aliphatic carbocycles. The Kier molecular flexibility index (Phi) is 15.0. The molecule has 0 rings (SSSR count). The van der Waals surface area contributed by atoms with Gasteiger partial charge in [-0.1, -0.05) is 0 Å². The Morgan fingerprint density at radius 3 is 2.18 bits per heavy atom. The molecule has 33 heavy (non-hydrogen) atoms. The molecule has 0 saturated carbocycles. The summed E-state index contributed by atoms with van der Waals surface area (Å²) in [5, 5.41) is 16.5. The largest absolute Gasteiger partial charge is 0.480 e. The second kappa shape index (κ2) is 16.5. The van der Waals surface area contributed by atoms with E-state index in [-0.39, 0.29) is 38.2 Å². The second-order valence-corrected chi connectivity index (χ2v) is 8.06. The number of nitrogens with one attached hydrogen (secondary N) is 3. The van der Waals surface area contributed by atoms with Gasteiger partial charge in [0.15, 0.2) is 5.96 Å². The first kappa shape index (κ1) is 29.9. The lowest BCUT2D eigenvalue weighted by Gasteiger charge is -2.21. The SMILES string of the molecule is CSCCC(NC(=O)C(CCCN=C(N)N)NC(=O)CNC(=O)C(N)CCC(N)=O)C(=O)O. The first-order chi connectivity index (χ1) is 15.5. The number of hydrogen-bond donors (Lipinski definition) is 8. The predicted octanol–water partition coefficient (Wildman–Crippen LogP) is -3.44. The average Bonchev–Trinajstić information content (AvgIpc) is 2.74. The maximum Gasteiger partial charge on any atom is 0.326 e. The van der Waals surface area contributed by atoms with Crippen LogP contribution in [0.25, 0.3) is 0 Å². The van der Waals surface area contributed by atoms with Crippen molar-refractivity contribution in [1.82, 2.24) is 16.0 Å². The fourth-order valence-electron chi connectivity index (χ4n) is 2.51. The number of carbonyl (C=O) groups is 5. The molecule has 0 aliphatic rings. The van der Waals surface area contributed by atoms with E-state index >= 15 is 0 Å². The van der Waals surface area contributed by atoms with Crippen molar-refractivity contribution in [2.75, 3.05) is 25.1 Å². The van der Waals surface area contributed by atoms with Crippen molar-refractivity contribution in [1.29, 1.82) is 0 Å². The van der Waals surface area contributed by atoms with Gasteiger partial charge in [0.25, 0.3) is 0 Å². The highest BCUT2D eigenvalue weighted by Gasteiger charge is 2.26. The summed E-state index contributed by atoms with van der Waals surface area (Å²) in [5.74, 6) is -3.46. The Hall–Kier alpha value is -3.07. The highest BCUT2D eigenvalue weighted by Crippen LogP contribution is 2.04. The normalized spacial score (nSPS) is 13.2. The summed E-state index contributed by atoms with van der Waals surface area (Å²) in [6.07, 6.45) is 2.39. The van der Waals surface area contributed by atoms with Crippen LogP contribution in [0.2, 0.25) is 0 Å². The first-order valence-corrected chi connectivity index (χ1v) is 11.6. The van der Waals surface area contributed by atoms with Gasteiger partial charge in [0, 0.05) is 13.0 Å². The third-order valence-electron chi connectivity index (χ3n) is 4.28. The molecule has 14 nitrogen and oxygen atoms in total. The number of thioether (sulfide) groups is 1. The molecule has 15 heteroatoms. The maximum absolute atomic E-state index is 12.6. The monoisotopic (exact) mass is 490 g/mol. The Morgan fingerprint density at radius 2 is 1.64 bits per heavy atom. The zero-order valence-corrected chi connectivity index (χ0v) is 19.4. The second-order valence-electron chi connectivity index (χ2n) is 7.08. The van der Waals surface area contributed by atoms with E-state index in [1.165, 1.54) is 11.8 Å². The standard InChI is InChI=1S/C18H34N8O6S/c1-33-8-6-12(17(31)32)26-16(30)11(3-2-7-23-18(21)22)25-14(28)9-24-15(29)10(19)4-5-13(20)27/h10-12H,2-9,19H2,1H3,(H2,20,27)(H,24,29)(H,25,28)(H,26,30)(H,31,32)(H4,21,22,23). The third kappa shape index (κ3) is 14.6. The van der Waals surface area contributed by atoms with Gasteiger partial charge < -0.3 is 44.0 Å². The molecule has 0 fully saturated rings. The van der Waals surface area contributed by atoms with Crippen molar-refractivity contribution >= 4 is 47.3 Å². The fraction of sp³-hybridized carbons (Fsp3) is 0.667. The molecule has 0 heterocycles. The summed E-state index contributed by atoms with van der Waals surface area (Å²) < 4.78 is 0. The molecule has 3 atom stereocenters. The smallest absolute Gasteiger partial charge is 0.326 e. The lowest BCUT2D eigenvalue weighted by atomic mass is 10.1. The van der Waals surface area contributed by atoms with Crippen molar-refractivity contribution in [3.05, 3.63) is 0 Å². The summed E-state index contributed by atoms with van der Waals surface area (Å²) >= 11 is 1.43. The van der Waals surface area contributed by atoms with Crippen molar-refractivity contribution in [2.24, 2.45) is 27.9 Å². The number of aliphatic carboxylic acids is 1. The first-order valence-electron chi connectivity index (χ1n) is 10.2. The number of carboxylic acids is 1. The van der Waals surface area contributed by atoms with Crippen LogP contribution in [0, 0.1) is 0 Å². The van der Waals surface area contributed by atoms with Gasteiger partial charge in [-0.2, -0.15) is 11.8 Å². The number of guanidine groups is 1. The van der Waals surface area contributed by atoms with Gasteiger partial charge in [-0.15, -0.1) is 0 Å². The number of carboxylic acid groups (broad SMARTS) is 1. The van der Waals surface area contributed by atoms with Crippen LogP contribution < -0.4 is 38.9 Å². The van der Waals surface area contributed by atoms with E-state index in [1.54, 1.807) is 0 Å². The molecule has 3 unspecified atom stereocenters. The summed E-state index contributed by atoms with van der Waals surface area (Å²) in [5.41, 5.74) is 21.2. The molecule has 0 aromatic heterocycles. The number of primary amides is 1. The minimum atomic E-state index is -1.19. The molecule has 188 valence electrons. The van der Waals surface area contributed by atoms with Gasteiger partial charge in [-0.25, -0.2) is 4.79 Å². The Labute approximate surface area is 196 Å². The number of rotatable bonds is 17. The van der Waals surface area contributed by atoms with E-state index < -0.39 is 54.3 Å². The Bertz CT molecular complexity index is 716. The maximum atomic E-state index is 12.6. The van der Waals surface area contributed by atoms with Crippen molar-refractivity contribution in [3.63, 3.8) is 0 Å². The lowest BCUT2D eigenvalue weighted by molar-refractivity contribution is -0.142. The van der Waals surface area contributed by atoms with Gasteiger partial charge in [0.1, 0.15) is 12.1 Å². The highest BCUT2D eigenvalue weighted by molar-refractivity contribution is 7.98. The van der Waals surface area contributed by atoms with Crippen molar-refractivity contribution in [3.8, 4) is 0 Å². The number of nitrogens with zero attached hydrogens (tertiary/aromatic N) is 1. The minimum Gasteiger partial charge on any atom is -0.480 e. The summed E-state index contributed by atoms with van der Waals surface area (Å²) in [6.45, 7) is -0.280. The van der Waals surface area contributed by atoms with Crippen LogP contribution in [-0.2, 0) is 24.0 Å². The molecule has 4 amide bonds.